The smallest absolute Gasteiger partial charge is 0.118 e. The van der Waals surface area contributed by atoms with E-state index in [2.05, 4.69) is 40.6 Å². The summed E-state index contributed by atoms with van der Waals surface area (Å²) in [6, 6.07) is 17.0. The average molecular weight is 332 g/mol. The van der Waals surface area contributed by atoms with Crippen LogP contribution in [0.15, 0.2) is 54.7 Å². The van der Waals surface area contributed by atoms with Crippen molar-refractivity contribution in [3.05, 3.63) is 65.9 Å². The van der Waals surface area contributed by atoms with E-state index in [-0.39, 0.29) is 12.1 Å². The lowest BCUT2D eigenvalue weighted by Crippen LogP contribution is -2.29. The Balaban J connectivity index is 1.62. The molecule has 3 aromatic rings. The summed E-state index contributed by atoms with van der Waals surface area (Å²) >= 11 is 0. The number of nitrogens with one attached hydrogen (secondary N) is 1. The Hall–Kier alpha value is -2.59. The molecule has 1 saturated heterocycles. The van der Waals surface area contributed by atoms with Gasteiger partial charge in [0.05, 0.1) is 24.8 Å². The zero-order chi connectivity index (χ0) is 16.8. The molecule has 1 fully saturated rings. The van der Waals surface area contributed by atoms with Gasteiger partial charge in [0, 0.05) is 35.4 Å². The molecule has 1 aromatic heterocycles. The highest BCUT2D eigenvalue weighted by atomic mass is 16.5. The first-order chi connectivity index (χ1) is 12.3. The van der Waals surface area contributed by atoms with Gasteiger partial charge in [-0.2, -0.15) is 0 Å². The van der Waals surface area contributed by atoms with Crippen LogP contribution in [0.2, 0.25) is 0 Å². The molecule has 0 radical (unpaired) electrons. The number of fused-ring (bicyclic) bond motifs is 5. The van der Waals surface area contributed by atoms with Crippen LogP contribution in [0.5, 0.6) is 5.75 Å². The summed E-state index contributed by atoms with van der Waals surface area (Å²) in [5, 5.41) is 4.96. The van der Waals surface area contributed by atoms with Gasteiger partial charge in [0.1, 0.15) is 5.75 Å². The van der Waals surface area contributed by atoms with Crippen molar-refractivity contribution < 1.29 is 9.47 Å². The van der Waals surface area contributed by atoms with Gasteiger partial charge in [-0.15, -0.1) is 0 Å². The Morgan fingerprint density at radius 1 is 1.12 bits per heavy atom. The molecule has 0 aliphatic carbocycles. The zero-order valence-corrected chi connectivity index (χ0v) is 14.1. The van der Waals surface area contributed by atoms with E-state index in [1.807, 2.05) is 24.4 Å². The Bertz CT molecular complexity index is 923. The van der Waals surface area contributed by atoms with E-state index >= 15 is 0 Å². The maximum absolute atomic E-state index is 6.20. The fraction of sp³-hybridized carbons (Fsp3) is 0.286. The van der Waals surface area contributed by atoms with E-state index in [1.54, 1.807) is 7.11 Å². The second kappa shape index (κ2) is 5.74. The van der Waals surface area contributed by atoms with Crippen molar-refractivity contribution in [1.29, 1.82) is 0 Å². The highest BCUT2D eigenvalue weighted by Gasteiger charge is 2.42. The number of hydrogen-bond acceptors (Lipinski definition) is 4. The van der Waals surface area contributed by atoms with Gasteiger partial charge in [0.2, 0.25) is 0 Å². The Labute approximate surface area is 146 Å². The number of benzene rings is 2. The SMILES string of the molecule is COc1ccc(C2Nc3ccc4ncccc4c3[C@@H]3OCC[C@H]23)cc1. The van der Waals surface area contributed by atoms with Gasteiger partial charge in [-0.3, -0.25) is 4.98 Å². The standard InChI is InChI=1S/C21H20N2O2/c1-24-14-6-4-13(5-7-14)20-16-10-12-25-21(16)19-15-3-2-11-22-17(15)8-9-18(19)23-20/h2-9,11,16,20-21,23H,10,12H2,1H3/t16-,20?,21-/m1/s1. The third-order valence-corrected chi connectivity index (χ3v) is 5.46. The van der Waals surface area contributed by atoms with Gasteiger partial charge in [-0.25, -0.2) is 0 Å². The summed E-state index contributed by atoms with van der Waals surface area (Å²) in [5.41, 5.74) is 4.72. The van der Waals surface area contributed by atoms with Crippen molar-refractivity contribution in [2.24, 2.45) is 5.92 Å². The number of nitrogens with zero attached hydrogens (tertiary/aromatic N) is 1. The Kier molecular flexibility index (Phi) is 3.38. The summed E-state index contributed by atoms with van der Waals surface area (Å²) in [5.74, 6) is 1.31. The van der Waals surface area contributed by atoms with E-state index in [4.69, 9.17) is 9.47 Å². The van der Waals surface area contributed by atoms with Crippen LogP contribution in [0.4, 0.5) is 5.69 Å². The van der Waals surface area contributed by atoms with Crippen LogP contribution in [-0.2, 0) is 4.74 Å². The molecule has 1 unspecified atom stereocenters. The normalized spacial score (nSPS) is 24.4. The summed E-state index contributed by atoms with van der Waals surface area (Å²) in [4.78, 5) is 4.50. The Morgan fingerprint density at radius 3 is 2.84 bits per heavy atom. The first-order valence-corrected chi connectivity index (χ1v) is 8.75. The predicted molar refractivity (Wildman–Crippen MR) is 97.9 cm³/mol. The lowest BCUT2D eigenvalue weighted by Gasteiger charge is -2.37. The van der Waals surface area contributed by atoms with Crippen molar-refractivity contribution in [2.75, 3.05) is 19.0 Å². The molecule has 3 atom stereocenters. The van der Waals surface area contributed by atoms with Gasteiger partial charge in [0.15, 0.2) is 0 Å². The molecule has 1 N–H and O–H groups in total. The highest BCUT2D eigenvalue weighted by Crippen LogP contribution is 2.51. The van der Waals surface area contributed by atoms with Crippen LogP contribution >= 0.6 is 0 Å². The fourth-order valence-corrected chi connectivity index (χ4v) is 4.27. The largest absolute Gasteiger partial charge is 0.497 e. The molecule has 2 aromatic carbocycles. The number of anilines is 1. The zero-order valence-electron chi connectivity index (χ0n) is 14.1. The first kappa shape index (κ1) is 14.7. The Morgan fingerprint density at radius 2 is 2.00 bits per heavy atom. The van der Waals surface area contributed by atoms with Crippen molar-refractivity contribution in [3.63, 3.8) is 0 Å². The number of hydrogen-bond donors (Lipinski definition) is 1. The molecule has 5 rings (SSSR count). The molecule has 2 aliphatic rings. The first-order valence-electron chi connectivity index (χ1n) is 8.75. The number of rotatable bonds is 2. The van der Waals surface area contributed by atoms with Gasteiger partial charge < -0.3 is 14.8 Å². The van der Waals surface area contributed by atoms with Gasteiger partial charge in [-0.1, -0.05) is 18.2 Å². The molecule has 4 nitrogen and oxygen atoms in total. The molecular formula is C21H20N2O2. The predicted octanol–water partition coefficient (Wildman–Crippen LogP) is 4.49. The lowest BCUT2D eigenvalue weighted by atomic mass is 9.80. The number of pyridine rings is 1. The van der Waals surface area contributed by atoms with Gasteiger partial charge in [-0.05, 0) is 42.3 Å². The van der Waals surface area contributed by atoms with Gasteiger partial charge >= 0.3 is 0 Å². The van der Waals surface area contributed by atoms with Crippen LogP contribution in [-0.4, -0.2) is 18.7 Å². The number of aromatic nitrogens is 1. The molecule has 0 amide bonds. The summed E-state index contributed by atoms with van der Waals surface area (Å²) in [6.07, 6.45) is 3.03. The number of methoxy groups -OCH3 is 1. The molecule has 4 heteroatoms. The molecule has 126 valence electrons. The number of ether oxygens (including phenoxy) is 2. The van der Waals surface area contributed by atoms with Crippen LogP contribution in [0.1, 0.15) is 29.7 Å². The fourth-order valence-electron chi connectivity index (χ4n) is 4.27. The quantitative estimate of drug-likeness (QED) is 0.751. The maximum Gasteiger partial charge on any atom is 0.118 e. The van der Waals surface area contributed by atoms with E-state index in [0.717, 1.165) is 30.0 Å². The minimum absolute atomic E-state index is 0.122. The molecular weight excluding hydrogens is 312 g/mol. The van der Waals surface area contributed by atoms with Crippen molar-refractivity contribution >= 4 is 16.6 Å². The van der Waals surface area contributed by atoms with E-state index in [9.17, 15) is 0 Å². The summed E-state index contributed by atoms with van der Waals surface area (Å²) < 4.78 is 11.5. The second-order valence-electron chi connectivity index (χ2n) is 6.74. The highest BCUT2D eigenvalue weighted by molar-refractivity contribution is 5.88. The van der Waals surface area contributed by atoms with Crippen LogP contribution < -0.4 is 10.1 Å². The van der Waals surface area contributed by atoms with Crippen molar-refractivity contribution in [1.82, 2.24) is 4.98 Å². The van der Waals surface area contributed by atoms with Crippen LogP contribution in [0.3, 0.4) is 0 Å². The van der Waals surface area contributed by atoms with Crippen molar-refractivity contribution in [2.45, 2.75) is 18.6 Å². The third-order valence-electron chi connectivity index (χ3n) is 5.46. The van der Waals surface area contributed by atoms with E-state index < -0.39 is 0 Å². The van der Waals surface area contributed by atoms with Gasteiger partial charge in [0.25, 0.3) is 0 Å². The van der Waals surface area contributed by atoms with Crippen LogP contribution in [0, 0.1) is 5.92 Å². The molecule has 3 heterocycles. The molecule has 0 spiro atoms. The topological polar surface area (TPSA) is 43.4 Å². The summed E-state index contributed by atoms with van der Waals surface area (Å²) in [6.45, 7) is 0.805. The molecule has 25 heavy (non-hydrogen) atoms. The minimum Gasteiger partial charge on any atom is -0.497 e. The lowest BCUT2D eigenvalue weighted by molar-refractivity contribution is 0.0841. The minimum atomic E-state index is 0.122. The van der Waals surface area contributed by atoms with Crippen LogP contribution in [0.25, 0.3) is 10.9 Å². The van der Waals surface area contributed by atoms with Crippen molar-refractivity contribution in [3.8, 4) is 5.75 Å². The average Bonchev–Trinajstić information content (AvgIpc) is 3.17. The molecule has 2 aliphatic heterocycles. The third kappa shape index (κ3) is 2.29. The second-order valence-corrected chi connectivity index (χ2v) is 6.74. The summed E-state index contributed by atoms with van der Waals surface area (Å²) in [7, 11) is 1.70. The maximum atomic E-state index is 6.20. The molecule has 0 saturated carbocycles. The monoisotopic (exact) mass is 332 g/mol. The van der Waals surface area contributed by atoms with E-state index in [1.165, 1.54) is 16.5 Å². The van der Waals surface area contributed by atoms with E-state index in [0.29, 0.717) is 5.92 Å². The molecule has 0 bridgehead atoms.